The number of hydrogen-bond acceptors (Lipinski definition) is 5. The quantitative estimate of drug-likeness (QED) is 0.472. The molecule has 1 aliphatic rings. The summed E-state index contributed by atoms with van der Waals surface area (Å²) in [5.41, 5.74) is 1.72. The number of carbonyl (C=O) groups is 2. The van der Waals surface area contributed by atoms with Gasteiger partial charge in [-0.2, -0.15) is 5.10 Å². The Morgan fingerprint density at radius 1 is 0.968 bits per heavy atom. The van der Waals surface area contributed by atoms with Gasteiger partial charge in [0.15, 0.2) is 17.3 Å². The Hall–Kier alpha value is -4.14. The number of fused-ring (bicyclic) bond motifs is 3. The van der Waals surface area contributed by atoms with Crippen LogP contribution in [0.4, 0.5) is 14.5 Å². The number of methoxy groups -OCH3 is 1. The maximum Gasteiger partial charge on any atom is 0.267 e. The van der Waals surface area contributed by atoms with Crippen LogP contribution in [0.1, 0.15) is 20.7 Å². The minimum Gasteiger partial charge on any atom is -0.497 e. The van der Waals surface area contributed by atoms with Crippen molar-refractivity contribution in [2.45, 2.75) is 0 Å². The minimum atomic E-state index is -1.15. The van der Waals surface area contributed by atoms with Crippen molar-refractivity contribution in [3.63, 3.8) is 0 Å². The number of rotatable bonds is 3. The molecule has 2 aromatic carbocycles. The molecule has 9 heteroatoms. The van der Waals surface area contributed by atoms with E-state index in [-0.39, 0.29) is 16.8 Å². The van der Waals surface area contributed by atoms with E-state index < -0.39 is 23.4 Å². The van der Waals surface area contributed by atoms with Gasteiger partial charge in [0.25, 0.3) is 11.8 Å². The molecule has 3 heterocycles. The van der Waals surface area contributed by atoms with E-state index in [4.69, 9.17) is 4.74 Å². The standard InChI is InChI=1S/C22H14F2N4O3/c1-27-20-18(19(26-27)11-3-6-13(31-2)7-4-11)17-14(10-25-20)21(29)28(22(17)30)12-5-8-15(23)16(24)9-12/h3-10H,1-2H3. The van der Waals surface area contributed by atoms with Crippen molar-refractivity contribution in [1.82, 2.24) is 14.8 Å². The van der Waals surface area contributed by atoms with Crippen molar-refractivity contribution in [2.75, 3.05) is 12.0 Å². The van der Waals surface area contributed by atoms with Crippen molar-refractivity contribution in [2.24, 2.45) is 7.05 Å². The van der Waals surface area contributed by atoms with Crippen molar-refractivity contribution < 1.29 is 23.1 Å². The zero-order chi connectivity index (χ0) is 21.9. The topological polar surface area (TPSA) is 77.3 Å². The number of imide groups is 1. The smallest absolute Gasteiger partial charge is 0.267 e. The molecule has 31 heavy (non-hydrogen) atoms. The Morgan fingerprint density at radius 2 is 1.71 bits per heavy atom. The summed E-state index contributed by atoms with van der Waals surface area (Å²) in [5.74, 6) is -2.88. The van der Waals surface area contributed by atoms with Crippen molar-refractivity contribution >= 4 is 28.5 Å². The SMILES string of the molecule is COc1ccc(-c2nn(C)c3ncc4c(c23)C(=O)N(c2ccc(F)c(F)c2)C4=O)cc1. The van der Waals surface area contributed by atoms with Crippen molar-refractivity contribution in [3.8, 4) is 17.0 Å². The number of amides is 2. The minimum absolute atomic E-state index is 0.0619. The van der Waals surface area contributed by atoms with Gasteiger partial charge in [0.1, 0.15) is 11.4 Å². The molecule has 1 aliphatic heterocycles. The fraction of sp³-hybridized carbons (Fsp3) is 0.0909. The van der Waals surface area contributed by atoms with Gasteiger partial charge in [0.2, 0.25) is 0 Å². The van der Waals surface area contributed by atoms with Crippen molar-refractivity contribution in [1.29, 1.82) is 0 Å². The van der Waals surface area contributed by atoms with Gasteiger partial charge in [-0.3, -0.25) is 9.59 Å². The van der Waals surface area contributed by atoms with Crippen LogP contribution in [0.25, 0.3) is 22.3 Å². The van der Waals surface area contributed by atoms with Crippen LogP contribution in [0.5, 0.6) is 5.75 Å². The van der Waals surface area contributed by atoms with E-state index in [1.165, 1.54) is 16.9 Å². The molecule has 2 amide bonds. The van der Waals surface area contributed by atoms with Gasteiger partial charge in [-0.05, 0) is 36.4 Å². The largest absolute Gasteiger partial charge is 0.497 e. The first-order valence-corrected chi connectivity index (χ1v) is 9.24. The van der Waals surface area contributed by atoms with Gasteiger partial charge in [-0.25, -0.2) is 23.3 Å². The number of aryl methyl sites for hydroxylation is 1. The fourth-order valence-corrected chi connectivity index (χ4v) is 3.74. The summed E-state index contributed by atoms with van der Waals surface area (Å²) < 4.78 is 33.8. The van der Waals surface area contributed by atoms with E-state index in [1.807, 2.05) is 0 Å². The summed E-state index contributed by atoms with van der Waals surface area (Å²) in [7, 11) is 3.24. The Morgan fingerprint density at radius 3 is 2.39 bits per heavy atom. The number of aromatic nitrogens is 3. The molecular weight excluding hydrogens is 406 g/mol. The third-order valence-corrected chi connectivity index (χ3v) is 5.23. The predicted molar refractivity (Wildman–Crippen MR) is 108 cm³/mol. The highest BCUT2D eigenvalue weighted by Gasteiger charge is 2.40. The van der Waals surface area contributed by atoms with Crippen molar-refractivity contribution in [3.05, 3.63) is 71.4 Å². The number of pyridine rings is 1. The first kappa shape index (κ1) is 18.9. The van der Waals surface area contributed by atoms with E-state index in [0.29, 0.717) is 28.0 Å². The number of anilines is 1. The van der Waals surface area contributed by atoms with Crippen LogP contribution in [0.2, 0.25) is 0 Å². The molecule has 4 aromatic rings. The third-order valence-electron chi connectivity index (χ3n) is 5.23. The Balaban J connectivity index is 1.72. The highest BCUT2D eigenvalue weighted by molar-refractivity contribution is 6.38. The van der Waals surface area contributed by atoms with Crippen LogP contribution >= 0.6 is 0 Å². The van der Waals surface area contributed by atoms with Gasteiger partial charge >= 0.3 is 0 Å². The average molecular weight is 420 g/mol. The maximum atomic E-state index is 13.8. The maximum absolute atomic E-state index is 13.8. The molecule has 2 aromatic heterocycles. The third kappa shape index (κ3) is 2.70. The summed E-state index contributed by atoms with van der Waals surface area (Å²) in [6.45, 7) is 0. The van der Waals surface area contributed by atoms with Gasteiger partial charge in [0, 0.05) is 24.9 Å². The summed E-state index contributed by atoms with van der Waals surface area (Å²) in [4.78, 5) is 31.4. The average Bonchev–Trinajstić information content (AvgIpc) is 3.24. The molecule has 0 N–H and O–H groups in total. The molecule has 0 atom stereocenters. The number of carbonyl (C=O) groups excluding carboxylic acids is 2. The molecule has 0 saturated heterocycles. The highest BCUT2D eigenvalue weighted by atomic mass is 19.2. The summed E-state index contributed by atoms with van der Waals surface area (Å²) in [5, 5.41) is 4.91. The van der Waals surface area contributed by atoms with Crippen LogP contribution in [0.3, 0.4) is 0 Å². The van der Waals surface area contributed by atoms with Crippen LogP contribution in [0, 0.1) is 11.6 Å². The molecule has 0 radical (unpaired) electrons. The first-order valence-electron chi connectivity index (χ1n) is 9.24. The normalized spacial score (nSPS) is 13.2. The molecule has 5 rings (SSSR count). The summed E-state index contributed by atoms with van der Waals surface area (Å²) >= 11 is 0. The van der Waals surface area contributed by atoms with Gasteiger partial charge < -0.3 is 4.74 Å². The van der Waals surface area contributed by atoms with E-state index in [9.17, 15) is 18.4 Å². The Labute approximate surface area is 174 Å². The highest BCUT2D eigenvalue weighted by Crippen LogP contribution is 2.37. The molecule has 0 spiro atoms. The molecular formula is C22H14F2N4O3. The molecule has 0 unspecified atom stereocenters. The van der Waals surface area contributed by atoms with Crippen LogP contribution < -0.4 is 9.64 Å². The lowest BCUT2D eigenvalue weighted by Gasteiger charge is -2.13. The molecule has 0 fully saturated rings. The number of ether oxygens (including phenoxy) is 1. The lowest BCUT2D eigenvalue weighted by atomic mass is 10.0. The lowest BCUT2D eigenvalue weighted by molar-refractivity contribution is 0.0926. The number of hydrogen-bond donors (Lipinski definition) is 0. The van der Waals surface area contributed by atoms with Crippen LogP contribution in [-0.2, 0) is 7.05 Å². The lowest BCUT2D eigenvalue weighted by Crippen LogP contribution is -2.29. The molecule has 0 aliphatic carbocycles. The Kier molecular flexibility index (Phi) is 4.07. The van der Waals surface area contributed by atoms with Gasteiger partial charge in [0.05, 0.1) is 29.3 Å². The van der Waals surface area contributed by atoms with Gasteiger partial charge in [-0.15, -0.1) is 0 Å². The summed E-state index contributed by atoms with van der Waals surface area (Å²) in [6.07, 6.45) is 1.30. The zero-order valence-corrected chi connectivity index (χ0v) is 16.4. The zero-order valence-electron chi connectivity index (χ0n) is 16.4. The van der Waals surface area contributed by atoms with Crippen LogP contribution in [-0.4, -0.2) is 33.7 Å². The monoisotopic (exact) mass is 420 g/mol. The predicted octanol–water partition coefficient (Wildman–Crippen LogP) is 3.72. The van der Waals surface area contributed by atoms with E-state index in [2.05, 4.69) is 10.1 Å². The second-order valence-electron chi connectivity index (χ2n) is 6.99. The van der Waals surface area contributed by atoms with E-state index >= 15 is 0 Å². The van der Waals surface area contributed by atoms with Crippen LogP contribution in [0.15, 0.2) is 48.7 Å². The number of halogens is 2. The molecule has 0 saturated carbocycles. The first-order chi connectivity index (χ1) is 14.9. The number of nitrogens with zero attached hydrogens (tertiary/aromatic N) is 4. The summed E-state index contributed by atoms with van der Waals surface area (Å²) in [6, 6.07) is 9.95. The van der Waals surface area contributed by atoms with E-state index in [0.717, 1.165) is 17.0 Å². The van der Waals surface area contributed by atoms with E-state index in [1.54, 1.807) is 38.4 Å². The van der Waals surface area contributed by atoms with Gasteiger partial charge in [-0.1, -0.05) is 0 Å². The Bertz CT molecular complexity index is 1400. The molecule has 7 nitrogen and oxygen atoms in total. The number of benzene rings is 2. The second kappa shape index (κ2) is 6.69. The fourth-order valence-electron chi connectivity index (χ4n) is 3.74. The second-order valence-corrected chi connectivity index (χ2v) is 6.99. The molecule has 154 valence electrons. The molecule has 0 bridgehead atoms.